The second kappa shape index (κ2) is 7.02. The standard InChI is InChI=1S/C19H27N3O3/c1-14(2)22-13-19(9-7-16(22)23)8-5-11-21(12-19)17-15(18(24)25-3)6-4-10-20-17/h4,6,10,14H,5,7-9,11-13H2,1-3H3/t19-/m1/s1. The van der Waals surface area contributed by atoms with Crippen LogP contribution in [0.25, 0.3) is 0 Å². The van der Waals surface area contributed by atoms with Crippen molar-refractivity contribution >= 4 is 17.7 Å². The lowest BCUT2D eigenvalue weighted by molar-refractivity contribution is -0.140. The van der Waals surface area contributed by atoms with Crippen molar-refractivity contribution in [2.24, 2.45) is 5.41 Å². The molecule has 0 aliphatic carbocycles. The Morgan fingerprint density at radius 2 is 2.12 bits per heavy atom. The van der Waals surface area contributed by atoms with Crippen molar-refractivity contribution in [2.45, 2.75) is 45.6 Å². The Balaban J connectivity index is 1.85. The Bertz CT molecular complexity index is 661. The van der Waals surface area contributed by atoms with Gasteiger partial charge < -0.3 is 14.5 Å². The SMILES string of the molecule is COC(=O)c1cccnc1N1CCC[C@@]2(CCC(=O)N(C(C)C)C2)C1. The van der Waals surface area contributed by atoms with Gasteiger partial charge in [0, 0.05) is 43.7 Å². The van der Waals surface area contributed by atoms with Crippen LogP contribution in [-0.4, -0.2) is 54.5 Å². The first-order valence-electron chi connectivity index (χ1n) is 9.03. The number of piperidine rings is 2. The Hall–Kier alpha value is -2.11. The van der Waals surface area contributed by atoms with E-state index < -0.39 is 0 Å². The summed E-state index contributed by atoms with van der Waals surface area (Å²) in [5, 5.41) is 0. The summed E-state index contributed by atoms with van der Waals surface area (Å²) < 4.78 is 4.91. The smallest absolute Gasteiger partial charge is 0.341 e. The number of carbonyl (C=O) groups is 2. The van der Waals surface area contributed by atoms with Crippen molar-refractivity contribution in [2.75, 3.05) is 31.6 Å². The normalized spacial score (nSPS) is 24.1. The molecule has 1 aromatic rings. The molecule has 0 N–H and O–H groups in total. The van der Waals surface area contributed by atoms with Crippen LogP contribution in [0.3, 0.4) is 0 Å². The molecular weight excluding hydrogens is 318 g/mol. The third-order valence-electron chi connectivity index (χ3n) is 5.47. The molecule has 1 atom stereocenters. The fourth-order valence-electron chi connectivity index (χ4n) is 4.15. The minimum Gasteiger partial charge on any atom is -0.465 e. The van der Waals surface area contributed by atoms with Gasteiger partial charge in [-0.15, -0.1) is 0 Å². The average Bonchev–Trinajstić information content (AvgIpc) is 2.63. The minimum absolute atomic E-state index is 0.0847. The lowest BCUT2D eigenvalue weighted by atomic mass is 9.73. The maximum Gasteiger partial charge on any atom is 0.341 e. The average molecular weight is 345 g/mol. The van der Waals surface area contributed by atoms with Gasteiger partial charge in [0.15, 0.2) is 0 Å². The van der Waals surface area contributed by atoms with Gasteiger partial charge in [0.05, 0.1) is 7.11 Å². The van der Waals surface area contributed by atoms with Crippen LogP contribution in [0.5, 0.6) is 0 Å². The molecule has 2 aliphatic heterocycles. The van der Waals surface area contributed by atoms with Crippen molar-refractivity contribution in [3.05, 3.63) is 23.9 Å². The number of hydrogen-bond donors (Lipinski definition) is 0. The van der Waals surface area contributed by atoms with E-state index in [0.29, 0.717) is 17.8 Å². The fraction of sp³-hybridized carbons (Fsp3) is 0.632. The summed E-state index contributed by atoms with van der Waals surface area (Å²) in [5.74, 6) is 0.595. The van der Waals surface area contributed by atoms with Crippen LogP contribution < -0.4 is 4.90 Å². The van der Waals surface area contributed by atoms with Gasteiger partial charge in [-0.2, -0.15) is 0 Å². The first-order chi connectivity index (χ1) is 12.0. The molecule has 3 heterocycles. The second-order valence-electron chi connectivity index (χ2n) is 7.51. The van der Waals surface area contributed by atoms with Crippen LogP contribution >= 0.6 is 0 Å². The zero-order valence-corrected chi connectivity index (χ0v) is 15.3. The summed E-state index contributed by atoms with van der Waals surface area (Å²) in [4.78, 5) is 33.0. The van der Waals surface area contributed by atoms with Crippen LogP contribution in [0.15, 0.2) is 18.3 Å². The van der Waals surface area contributed by atoms with E-state index in [1.807, 2.05) is 4.90 Å². The lowest BCUT2D eigenvalue weighted by Crippen LogP contribution is -2.56. The topological polar surface area (TPSA) is 62.7 Å². The number of hydrogen-bond acceptors (Lipinski definition) is 5. The number of ether oxygens (including phenoxy) is 1. The van der Waals surface area contributed by atoms with Gasteiger partial charge in [0.1, 0.15) is 11.4 Å². The molecule has 0 radical (unpaired) electrons. The monoisotopic (exact) mass is 345 g/mol. The Labute approximate surface area is 149 Å². The van der Waals surface area contributed by atoms with E-state index in [-0.39, 0.29) is 23.3 Å². The fourth-order valence-corrected chi connectivity index (χ4v) is 4.15. The summed E-state index contributed by atoms with van der Waals surface area (Å²) in [6, 6.07) is 3.75. The number of pyridine rings is 1. The number of amides is 1. The number of likely N-dealkylation sites (tertiary alicyclic amines) is 1. The van der Waals surface area contributed by atoms with Gasteiger partial charge in [-0.05, 0) is 45.2 Å². The molecule has 1 spiro atoms. The lowest BCUT2D eigenvalue weighted by Gasteiger charge is -2.49. The quantitative estimate of drug-likeness (QED) is 0.788. The highest BCUT2D eigenvalue weighted by Crippen LogP contribution is 2.40. The molecule has 0 aromatic carbocycles. The zero-order chi connectivity index (χ0) is 18.0. The predicted octanol–water partition coefficient (Wildman–Crippen LogP) is 2.49. The number of anilines is 1. The summed E-state index contributed by atoms with van der Waals surface area (Å²) in [7, 11) is 1.39. The van der Waals surface area contributed by atoms with Gasteiger partial charge >= 0.3 is 5.97 Å². The van der Waals surface area contributed by atoms with Crippen molar-refractivity contribution in [1.29, 1.82) is 0 Å². The Kier molecular flexibility index (Phi) is 4.97. The van der Waals surface area contributed by atoms with E-state index in [2.05, 4.69) is 23.7 Å². The molecule has 0 unspecified atom stereocenters. The second-order valence-corrected chi connectivity index (χ2v) is 7.51. The van der Waals surface area contributed by atoms with E-state index in [1.165, 1.54) is 7.11 Å². The maximum atomic E-state index is 12.2. The molecule has 2 aliphatic rings. The van der Waals surface area contributed by atoms with Gasteiger partial charge in [-0.1, -0.05) is 0 Å². The molecule has 25 heavy (non-hydrogen) atoms. The van der Waals surface area contributed by atoms with Gasteiger partial charge in [0.2, 0.25) is 5.91 Å². The highest BCUT2D eigenvalue weighted by Gasteiger charge is 2.43. The van der Waals surface area contributed by atoms with Crippen molar-refractivity contribution in [3.8, 4) is 0 Å². The van der Waals surface area contributed by atoms with Crippen LogP contribution in [-0.2, 0) is 9.53 Å². The summed E-state index contributed by atoms with van der Waals surface area (Å²) in [5.41, 5.74) is 0.594. The molecule has 3 rings (SSSR count). The molecule has 2 saturated heterocycles. The van der Waals surface area contributed by atoms with E-state index in [9.17, 15) is 9.59 Å². The molecule has 0 bridgehead atoms. The first-order valence-corrected chi connectivity index (χ1v) is 9.03. The van der Waals surface area contributed by atoms with Crippen LogP contribution in [0.2, 0.25) is 0 Å². The van der Waals surface area contributed by atoms with E-state index in [0.717, 1.165) is 38.9 Å². The first kappa shape index (κ1) is 17.7. The number of rotatable bonds is 3. The number of carbonyl (C=O) groups excluding carboxylic acids is 2. The molecular formula is C19H27N3O3. The molecule has 6 heteroatoms. The number of aromatic nitrogens is 1. The summed E-state index contributed by atoms with van der Waals surface area (Å²) in [6.07, 6.45) is 5.38. The Morgan fingerprint density at radius 3 is 2.84 bits per heavy atom. The predicted molar refractivity (Wildman–Crippen MR) is 95.5 cm³/mol. The largest absolute Gasteiger partial charge is 0.465 e. The summed E-state index contributed by atoms with van der Waals surface area (Å²) in [6.45, 7) is 6.64. The van der Waals surface area contributed by atoms with E-state index >= 15 is 0 Å². The van der Waals surface area contributed by atoms with Crippen molar-refractivity contribution in [1.82, 2.24) is 9.88 Å². The van der Waals surface area contributed by atoms with Gasteiger partial charge in [-0.3, -0.25) is 4.79 Å². The third-order valence-corrected chi connectivity index (χ3v) is 5.47. The Morgan fingerprint density at radius 1 is 1.32 bits per heavy atom. The molecule has 2 fully saturated rings. The van der Waals surface area contributed by atoms with Crippen molar-refractivity contribution < 1.29 is 14.3 Å². The van der Waals surface area contributed by atoms with Crippen LogP contribution in [0, 0.1) is 5.41 Å². The molecule has 1 amide bonds. The number of nitrogens with zero attached hydrogens (tertiary/aromatic N) is 3. The van der Waals surface area contributed by atoms with E-state index in [4.69, 9.17) is 4.74 Å². The van der Waals surface area contributed by atoms with Crippen LogP contribution in [0.1, 0.15) is 49.9 Å². The van der Waals surface area contributed by atoms with Gasteiger partial charge in [0.25, 0.3) is 0 Å². The number of methoxy groups -OCH3 is 1. The van der Waals surface area contributed by atoms with Gasteiger partial charge in [-0.25, -0.2) is 9.78 Å². The zero-order valence-electron chi connectivity index (χ0n) is 15.3. The maximum absolute atomic E-state index is 12.2. The number of esters is 1. The third kappa shape index (κ3) is 3.48. The van der Waals surface area contributed by atoms with Crippen molar-refractivity contribution in [3.63, 3.8) is 0 Å². The molecule has 1 aromatic heterocycles. The highest BCUT2D eigenvalue weighted by molar-refractivity contribution is 5.94. The highest BCUT2D eigenvalue weighted by atomic mass is 16.5. The molecule has 0 saturated carbocycles. The molecule has 136 valence electrons. The summed E-state index contributed by atoms with van der Waals surface area (Å²) >= 11 is 0. The van der Waals surface area contributed by atoms with E-state index in [1.54, 1.807) is 18.3 Å². The van der Waals surface area contributed by atoms with Crippen LogP contribution in [0.4, 0.5) is 5.82 Å². The molecule has 6 nitrogen and oxygen atoms in total. The minimum atomic E-state index is -0.356.